The topological polar surface area (TPSA) is 43.1 Å². The van der Waals surface area contributed by atoms with E-state index in [9.17, 15) is 0 Å². The second-order valence-corrected chi connectivity index (χ2v) is 9.66. The van der Waals surface area contributed by atoms with Crippen molar-refractivity contribution in [2.45, 2.75) is 12.8 Å². The van der Waals surface area contributed by atoms with Gasteiger partial charge in [-0.3, -0.25) is 14.4 Å². The van der Waals surface area contributed by atoms with Crippen molar-refractivity contribution in [3.8, 4) is 22.3 Å². The van der Waals surface area contributed by atoms with Gasteiger partial charge in [0.05, 0.1) is 22.7 Å². The Labute approximate surface area is 200 Å². The van der Waals surface area contributed by atoms with Gasteiger partial charge in [-0.25, -0.2) is 4.98 Å². The first-order valence-electron chi connectivity index (χ1n) is 12.0. The molecule has 0 aliphatic heterocycles. The minimum Gasteiger partial charge on any atom is -0.290 e. The smallest absolute Gasteiger partial charge is 0.146 e. The van der Waals surface area contributed by atoms with E-state index in [1.165, 1.54) is 49.9 Å². The molecular formula is C31H18N4. The van der Waals surface area contributed by atoms with Crippen LogP contribution in [0.5, 0.6) is 0 Å². The Hall–Kier alpha value is -4.57. The molecule has 0 atom stereocenters. The SMILES string of the molecule is c1ccc2c(c1)Cc1c-2ccc2c1Cc1ccc3c(c1-2)c1ncccc1n1c2ccncc2nc31. The molecule has 162 valence electrons. The highest BCUT2D eigenvalue weighted by molar-refractivity contribution is 6.19. The van der Waals surface area contributed by atoms with Crippen LogP contribution in [0.2, 0.25) is 0 Å². The fraction of sp³-hybridized carbons (Fsp3) is 0.0645. The Morgan fingerprint density at radius 2 is 1.57 bits per heavy atom. The summed E-state index contributed by atoms with van der Waals surface area (Å²) in [4.78, 5) is 14.3. The molecule has 2 aliphatic rings. The number of nitrogens with zero attached hydrogens (tertiary/aromatic N) is 4. The normalized spacial score (nSPS) is 13.5. The summed E-state index contributed by atoms with van der Waals surface area (Å²) in [6.07, 6.45) is 7.57. The second kappa shape index (κ2) is 6.10. The molecule has 4 nitrogen and oxygen atoms in total. The summed E-state index contributed by atoms with van der Waals surface area (Å²) < 4.78 is 2.24. The van der Waals surface area contributed by atoms with Crippen molar-refractivity contribution in [1.82, 2.24) is 19.4 Å². The molecule has 0 bridgehead atoms. The lowest BCUT2D eigenvalue weighted by atomic mass is 9.94. The number of hydrogen-bond acceptors (Lipinski definition) is 3. The molecule has 35 heavy (non-hydrogen) atoms. The molecule has 4 heterocycles. The number of hydrogen-bond donors (Lipinski definition) is 0. The van der Waals surface area contributed by atoms with Gasteiger partial charge in [0.1, 0.15) is 11.2 Å². The molecule has 0 saturated heterocycles. The maximum absolute atomic E-state index is 5.03. The van der Waals surface area contributed by atoms with Gasteiger partial charge in [0.2, 0.25) is 0 Å². The Kier molecular flexibility index (Phi) is 3.11. The van der Waals surface area contributed by atoms with Crippen molar-refractivity contribution in [3.05, 3.63) is 108 Å². The van der Waals surface area contributed by atoms with E-state index >= 15 is 0 Å². The molecule has 9 rings (SSSR count). The largest absolute Gasteiger partial charge is 0.290 e. The van der Waals surface area contributed by atoms with Crippen LogP contribution in [-0.2, 0) is 12.8 Å². The van der Waals surface area contributed by atoms with Gasteiger partial charge in [0.15, 0.2) is 0 Å². The first-order chi connectivity index (χ1) is 17.4. The average molecular weight is 447 g/mol. The first kappa shape index (κ1) is 17.8. The maximum Gasteiger partial charge on any atom is 0.146 e. The van der Waals surface area contributed by atoms with E-state index in [-0.39, 0.29) is 0 Å². The van der Waals surface area contributed by atoms with E-state index in [2.05, 4.69) is 64.0 Å². The highest BCUT2D eigenvalue weighted by atomic mass is 15.0. The number of benzene rings is 3. The maximum atomic E-state index is 5.03. The van der Waals surface area contributed by atoms with Gasteiger partial charge < -0.3 is 0 Å². The summed E-state index contributed by atoms with van der Waals surface area (Å²) in [6.45, 7) is 0. The number of fused-ring (bicyclic) bond motifs is 16. The second-order valence-electron chi connectivity index (χ2n) is 9.66. The Morgan fingerprint density at radius 3 is 2.57 bits per heavy atom. The Morgan fingerprint density at radius 1 is 0.686 bits per heavy atom. The zero-order valence-electron chi connectivity index (χ0n) is 18.8. The van der Waals surface area contributed by atoms with E-state index in [1.54, 1.807) is 0 Å². The number of aromatic nitrogens is 4. The molecule has 0 radical (unpaired) electrons. The van der Waals surface area contributed by atoms with Crippen molar-refractivity contribution < 1.29 is 0 Å². The Bertz CT molecular complexity index is 2070. The average Bonchev–Trinajstić information content (AvgIpc) is 3.59. The highest BCUT2D eigenvalue weighted by Gasteiger charge is 2.30. The molecule has 3 aromatic carbocycles. The molecular weight excluding hydrogens is 428 g/mol. The molecule has 2 aliphatic carbocycles. The van der Waals surface area contributed by atoms with E-state index in [0.717, 1.165) is 45.9 Å². The van der Waals surface area contributed by atoms with Gasteiger partial charge in [0, 0.05) is 23.2 Å². The molecule has 4 aromatic heterocycles. The van der Waals surface area contributed by atoms with Crippen LogP contribution < -0.4 is 0 Å². The van der Waals surface area contributed by atoms with Crippen molar-refractivity contribution in [2.75, 3.05) is 0 Å². The monoisotopic (exact) mass is 446 g/mol. The van der Waals surface area contributed by atoms with Crippen LogP contribution in [0.1, 0.15) is 22.3 Å². The first-order valence-corrected chi connectivity index (χ1v) is 12.0. The molecule has 0 fully saturated rings. The van der Waals surface area contributed by atoms with Gasteiger partial charge in [-0.1, -0.05) is 48.5 Å². The van der Waals surface area contributed by atoms with Crippen molar-refractivity contribution in [3.63, 3.8) is 0 Å². The van der Waals surface area contributed by atoms with Gasteiger partial charge in [-0.2, -0.15) is 0 Å². The van der Waals surface area contributed by atoms with E-state index in [4.69, 9.17) is 9.97 Å². The lowest BCUT2D eigenvalue weighted by Gasteiger charge is -2.13. The van der Waals surface area contributed by atoms with Crippen LogP contribution in [0.3, 0.4) is 0 Å². The third kappa shape index (κ3) is 2.11. The standard InChI is InChI=1S/C31H18N4/c1-2-5-19-17(4-1)14-23-20(19)9-10-21-24(23)15-18-7-8-22-29(28(18)21)30-27(6-3-12-33-30)35-26-11-13-32-16-25(26)34-31(22)35/h1-13,16H,14-15H2. The zero-order valence-corrected chi connectivity index (χ0v) is 18.8. The van der Waals surface area contributed by atoms with E-state index < -0.39 is 0 Å². The number of imidazole rings is 1. The van der Waals surface area contributed by atoms with Crippen LogP contribution in [-0.4, -0.2) is 19.4 Å². The summed E-state index contributed by atoms with van der Waals surface area (Å²) in [5, 5.41) is 2.35. The zero-order chi connectivity index (χ0) is 22.7. The van der Waals surface area contributed by atoms with Gasteiger partial charge >= 0.3 is 0 Å². The van der Waals surface area contributed by atoms with Gasteiger partial charge in [-0.15, -0.1) is 0 Å². The quantitative estimate of drug-likeness (QED) is 0.243. The molecule has 0 amide bonds. The minimum atomic E-state index is 0.904. The van der Waals surface area contributed by atoms with Gasteiger partial charge in [0.25, 0.3) is 0 Å². The fourth-order valence-corrected chi connectivity index (χ4v) is 6.56. The van der Waals surface area contributed by atoms with E-state index in [0.29, 0.717) is 0 Å². The van der Waals surface area contributed by atoms with Crippen molar-refractivity contribution >= 4 is 38.5 Å². The van der Waals surface area contributed by atoms with Crippen molar-refractivity contribution in [1.29, 1.82) is 0 Å². The third-order valence-corrected chi connectivity index (χ3v) is 8.00. The lowest BCUT2D eigenvalue weighted by Crippen LogP contribution is -1.95. The molecule has 0 saturated carbocycles. The van der Waals surface area contributed by atoms with Crippen LogP contribution in [0.15, 0.2) is 85.3 Å². The van der Waals surface area contributed by atoms with Crippen LogP contribution in [0.25, 0.3) is 60.7 Å². The van der Waals surface area contributed by atoms with Crippen LogP contribution in [0, 0.1) is 0 Å². The minimum absolute atomic E-state index is 0.904. The molecule has 0 N–H and O–H groups in total. The summed E-state index contributed by atoms with van der Waals surface area (Å²) in [7, 11) is 0. The van der Waals surface area contributed by atoms with Crippen molar-refractivity contribution in [2.24, 2.45) is 0 Å². The molecule has 0 spiro atoms. The summed E-state index contributed by atoms with van der Waals surface area (Å²) in [6, 6.07) is 24.3. The molecule has 7 aromatic rings. The van der Waals surface area contributed by atoms with Crippen LogP contribution in [0.4, 0.5) is 0 Å². The highest BCUT2D eigenvalue weighted by Crippen LogP contribution is 2.49. The molecule has 4 heteroatoms. The summed E-state index contributed by atoms with van der Waals surface area (Å²) in [5.74, 6) is 0. The predicted molar refractivity (Wildman–Crippen MR) is 140 cm³/mol. The third-order valence-electron chi connectivity index (χ3n) is 8.00. The summed E-state index contributed by atoms with van der Waals surface area (Å²) >= 11 is 0. The van der Waals surface area contributed by atoms with E-state index in [1.807, 2.05) is 30.7 Å². The fourth-order valence-electron chi connectivity index (χ4n) is 6.56. The Balaban J connectivity index is 1.44. The predicted octanol–water partition coefficient (Wildman–Crippen LogP) is 6.73. The lowest BCUT2D eigenvalue weighted by molar-refractivity contribution is 1.16. The molecule has 0 unspecified atom stereocenters. The number of pyridine rings is 3. The summed E-state index contributed by atoms with van der Waals surface area (Å²) in [5.41, 5.74) is 16.3. The van der Waals surface area contributed by atoms with Gasteiger partial charge in [-0.05, 0) is 75.5 Å². The number of rotatable bonds is 0. The van der Waals surface area contributed by atoms with Crippen LogP contribution >= 0.6 is 0 Å².